The molecule has 2 aromatic heterocycles. The van der Waals surface area contributed by atoms with E-state index in [0.29, 0.717) is 72.3 Å². The number of unbranched alkanes of at least 4 members (excludes halogenated alkanes) is 15. The van der Waals surface area contributed by atoms with Crippen molar-refractivity contribution in [3.8, 4) is 40.0 Å². The molecule has 0 atom stereocenters. The maximum atomic E-state index is 12.8. The minimum absolute atomic E-state index is 0.0663. The molecule has 0 saturated heterocycles. The monoisotopic (exact) mass is 946 g/mol. The summed E-state index contributed by atoms with van der Waals surface area (Å²) in [7, 11) is 0. The van der Waals surface area contributed by atoms with Gasteiger partial charge in [-0.25, -0.2) is 9.98 Å². The lowest BCUT2D eigenvalue weighted by atomic mass is 10.0. The Kier molecular flexibility index (Phi) is 17.4. The summed E-state index contributed by atoms with van der Waals surface area (Å²) >= 11 is 17.8. The summed E-state index contributed by atoms with van der Waals surface area (Å²) in [4.78, 5) is 39.4. The zero-order valence-electron chi connectivity index (χ0n) is 37.4. The molecule has 0 bridgehead atoms. The Bertz CT molecular complexity index is 2630. The fraction of sp³-hybridized carbons (Fsp3) is 0.333. The smallest absolute Gasteiger partial charge is 0.280 e. The van der Waals surface area contributed by atoms with Gasteiger partial charge in [0.25, 0.3) is 11.8 Å². The van der Waals surface area contributed by atoms with E-state index in [-0.39, 0.29) is 17.7 Å². The summed E-state index contributed by atoms with van der Waals surface area (Å²) in [5, 5.41) is 22.8. The van der Waals surface area contributed by atoms with Gasteiger partial charge < -0.3 is 24.9 Å². The molecule has 9 nitrogen and oxygen atoms in total. The van der Waals surface area contributed by atoms with Gasteiger partial charge >= 0.3 is 0 Å². The lowest BCUT2D eigenvalue weighted by Gasteiger charge is -2.07. The molecule has 2 aliphatic rings. The maximum Gasteiger partial charge on any atom is 0.280 e. The number of nitrogens with zero attached hydrogens (tertiary/aromatic N) is 2. The lowest BCUT2D eigenvalue weighted by molar-refractivity contribution is 0.0998. The lowest BCUT2D eigenvalue weighted by Crippen LogP contribution is -1.99. The molecule has 6 aromatic rings. The number of ether oxygens (including phenoxy) is 1. The van der Waals surface area contributed by atoms with Crippen LogP contribution in [0.4, 0.5) is 0 Å². The number of carbonyl (C=O) groups excluding carboxylic acids is 2. The average Bonchev–Trinajstić information content (AvgIpc) is 4.07. The molecular formula is C54H57Cl3N4O5. The third-order valence-corrected chi connectivity index (χ3v) is 12.8. The minimum atomic E-state index is -0.392. The summed E-state index contributed by atoms with van der Waals surface area (Å²) in [5.74, 6) is -0.115. The van der Waals surface area contributed by atoms with Crippen molar-refractivity contribution in [2.24, 2.45) is 9.98 Å². The fourth-order valence-corrected chi connectivity index (χ4v) is 8.91. The van der Waals surface area contributed by atoms with Gasteiger partial charge in [-0.05, 0) is 78.2 Å². The molecule has 66 heavy (non-hydrogen) atoms. The van der Waals surface area contributed by atoms with Crippen molar-refractivity contribution in [2.75, 3.05) is 6.61 Å². The first-order valence-electron chi connectivity index (χ1n) is 23.3. The van der Waals surface area contributed by atoms with Gasteiger partial charge in [-0.15, -0.1) is 0 Å². The van der Waals surface area contributed by atoms with Gasteiger partial charge in [0.2, 0.25) is 0 Å². The van der Waals surface area contributed by atoms with Gasteiger partial charge in [0, 0.05) is 26.2 Å². The normalized spacial score (nSPS) is 12.7. The first-order chi connectivity index (χ1) is 32.1. The SMILES string of the molecule is CCCCCCCCCCCCCCCCCCOc1ccc(-c2[nH]c(O)c3c2C(=O)N=C3c2ccc(Cl)cc2)cc1.O=C1N=C(c2ccc(Cl)cc2)c2c(O)[nH]c(-c3ccc(Cl)cc3)c21. The third-order valence-electron chi connectivity index (χ3n) is 12.1. The van der Waals surface area contributed by atoms with Crippen LogP contribution in [0.3, 0.4) is 0 Å². The summed E-state index contributed by atoms with van der Waals surface area (Å²) in [6, 6.07) is 28.7. The van der Waals surface area contributed by atoms with Crippen LogP contribution in [0.25, 0.3) is 22.5 Å². The number of aromatic hydroxyl groups is 2. The number of aromatic amines is 2. The Balaban J connectivity index is 0.000000227. The van der Waals surface area contributed by atoms with Gasteiger partial charge in [0.15, 0.2) is 11.8 Å². The molecule has 0 fully saturated rings. The van der Waals surface area contributed by atoms with Crippen LogP contribution >= 0.6 is 34.8 Å². The molecule has 4 aromatic carbocycles. The quantitative estimate of drug-likeness (QED) is 0.0502. The number of hydrogen-bond donors (Lipinski definition) is 4. The summed E-state index contributed by atoms with van der Waals surface area (Å²) in [5.41, 5.74) is 6.53. The van der Waals surface area contributed by atoms with E-state index in [1.54, 1.807) is 72.8 Å². The molecule has 8 rings (SSSR count). The van der Waals surface area contributed by atoms with Crippen molar-refractivity contribution in [1.29, 1.82) is 0 Å². The fourth-order valence-electron chi connectivity index (χ4n) is 8.53. The Morgan fingerprint density at radius 1 is 0.439 bits per heavy atom. The van der Waals surface area contributed by atoms with Crippen LogP contribution in [-0.2, 0) is 0 Å². The van der Waals surface area contributed by atoms with Crippen molar-refractivity contribution in [1.82, 2.24) is 9.97 Å². The standard InChI is InChI=1S/C36H47ClN2O3.C18H10Cl2N2O2/c1-2-3-4-5-6-7-8-9-10-11-12-13-14-15-16-17-26-42-30-24-20-28(21-25-30)34-32-31(35(40)39-34)33(38-36(32)41)27-18-22-29(37)23-19-27;19-11-5-1-9(2-6-11)15-13-14(18(24)21-15)16(22-17(13)23)10-3-7-12(20)8-4-10/h18-25,39-40H,2-17,26H2,1H3;1-8,21,24H. The van der Waals surface area contributed by atoms with Crippen LogP contribution < -0.4 is 4.74 Å². The van der Waals surface area contributed by atoms with E-state index in [1.807, 2.05) is 24.3 Å². The first kappa shape index (κ1) is 48.3. The average molecular weight is 948 g/mol. The highest BCUT2D eigenvalue weighted by Gasteiger charge is 2.34. The number of nitrogens with one attached hydrogen (secondary N) is 2. The maximum absolute atomic E-state index is 12.8. The zero-order chi connectivity index (χ0) is 46.4. The van der Waals surface area contributed by atoms with E-state index in [4.69, 9.17) is 39.5 Å². The van der Waals surface area contributed by atoms with Crippen LogP contribution in [0.15, 0.2) is 107 Å². The highest BCUT2D eigenvalue weighted by Crippen LogP contribution is 2.40. The number of aliphatic imine (C=N–C) groups is 2. The Morgan fingerprint density at radius 3 is 1.12 bits per heavy atom. The molecule has 4 N–H and O–H groups in total. The molecule has 344 valence electrons. The number of halogens is 3. The van der Waals surface area contributed by atoms with Crippen LogP contribution in [-0.4, -0.2) is 50.0 Å². The Labute approximate surface area is 402 Å². The molecule has 0 radical (unpaired) electrons. The van der Waals surface area contributed by atoms with Crippen molar-refractivity contribution in [3.63, 3.8) is 0 Å². The number of hydrogen-bond acceptors (Lipinski definition) is 5. The molecule has 0 aliphatic carbocycles. The van der Waals surface area contributed by atoms with Gasteiger partial charge in [-0.2, -0.15) is 0 Å². The molecule has 0 spiro atoms. The van der Waals surface area contributed by atoms with E-state index in [0.717, 1.165) is 28.9 Å². The van der Waals surface area contributed by atoms with E-state index in [2.05, 4.69) is 26.9 Å². The summed E-state index contributed by atoms with van der Waals surface area (Å²) in [6.45, 7) is 2.98. The molecule has 0 unspecified atom stereocenters. The van der Waals surface area contributed by atoms with Crippen molar-refractivity contribution in [3.05, 3.63) is 146 Å². The van der Waals surface area contributed by atoms with Crippen molar-refractivity contribution < 1.29 is 24.5 Å². The summed E-state index contributed by atoms with van der Waals surface area (Å²) in [6.07, 6.45) is 21.7. The number of H-pyrrole nitrogens is 2. The Hall–Kier alpha value is -5.61. The van der Waals surface area contributed by atoms with Gasteiger partial charge in [0.1, 0.15) is 5.75 Å². The topological polar surface area (TPSA) is 140 Å². The van der Waals surface area contributed by atoms with Crippen LogP contribution in [0, 0.1) is 0 Å². The van der Waals surface area contributed by atoms with Crippen molar-refractivity contribution >= 4 is 58.0 Å². The van der Waals surface area contributed by atoms with E-state index >= 15 is 0 Å². The second-order valence-corrected chi connectivity index (χ2v) is 18.2. The molecule has 4 heterocycles. The molecule has 0 saturated carbocycles. The highest BCUT2D eigenvalue weighted by molar-refractivity contribution is 6.33. The zero-order valence-corrected chi connectivity index (χ0v) is 39.7. The van der Waals surface area contributed by atoms with Crippen LogP contribution in [0.1, 0.15) is 153 Å². The van der Waals surface area contributed by atoms with E-state index < -0.39 is 5.91 Å². The van der Waals surface area contributed by atoms with E-state index in [9.17, 15) is 19.8 Å². The van der Waals surface area contributed by atoms with E-state index in [1.165, 1.54) is 96.3 Å². The number of amides is 2. The third kappa shape index (κ3) is 12.2. The number of rotatable bonds is 22. The number of benzene rings is 4. The molecular weight excluding hydrogens is 891 g/mol. The first-order valence-corrected chi connectivity index (χ1v) is 24.4. The predicted molar refractivity (Wildman–Crippen MR) is 269 cm³/mol. The second kappa shape index (κ2) is 23.7. The van der Waals surface area contributed by atoms with Crippen LogP contribution in [0.5, 0.6) is 17.5 Å². The van der Waals surface area contributed by atoms with Gasteiger partial charge in [0.05, 0.1) is 51.7 Å². The number of aromatic nitrogens is 2. The Morgan fingerprint density at radius 2 is 0.758 bits per heavy atom. The number of fused-ring (bicyclic) bond motifs is 2. The highest BCUT2D eigenvalue weighted by atomic mass is 35.5. The minimum Gasteiger partial charge on any atom is -0.494 e. The summed E-state index contributed by atoms with van der Waals surface area (Å²) < 4.78 is 5.96. The molecule has 2 aliphatic heterocycles. The van der Waals surface area contributed by atoms with Gasteiger partial charge in [-0.3, -0.25) is 9.59 Å². The predicted octanol–water partition coefficient (Wildman–Crippen LogP) is 15.4. The molecule has 2 amide bonds. The molecule has 12 heteroatoms. The largest absolute Gasteiger partial charge is 0.494 e. The van der Waals surface area contributed by atoms with Crippen molar-refractivity contribution in [2.45, 2.75) is 110 Å². The van der Waals surface area contributed by atoms with Gasteiger partial charge in [-0.1, -0.05) is 174 Å². The number of carbonyl (C=O) groups is 2. The second-order valence-electron chi connectivity index (χ2n) is 16.9. The van der Waals surface area contributed by atoms with Crippen LogP contribution in [0.2, 0.25) is 15.1 Å².